The van der Waals surface area contributed by atoms with E-state index in [0.29, 0.717) is 6.07 Å². The topological polar surface area (TPSA) is 24.9 Å². The molecule has 0 aliphatic heterocycles. The molecule has 19 heavy (non-hydrogen) atoms. The Kier molecular flexibility index (Phi) is 3.80. The van der Waals surface area contributed by atoms with Crippen LogP contribution in [0.4, 0.5) is 19.0 Å². The fourth-order valence-corrected chi connectivity index (χ4v) is 2.93. The summed E-state index contributed by atoms with van der Waals surface area (Å²) in [5.41, 5.74) is 0.994. The van der Waals surface area contributed by atoms with Crippen LogP contribution in [0, 0.1) is 31.4 Å². The van der Waals surface area contributed by atoms with Gasteiger partial charge in [-0.3, -0.25) is 0 Å². The third-order valence-electron chi connectivity index (χ3n) is 2.79. The third-order valence-corrected chi connectivity index (χ3v) is 3.77. The first-order valence-corrected chi connectivity index (χ1v) is 6.55. The molecule has 0 amide bonds. The van der Waals surface area contributed by atoms with Crippen LogP contribution in [0.25, 0.3) is 0 Å². The Morgan fingerprint density at radius 2 is 1.84 bits per heavy atom. The van der Waals surface area contributed by atoms with Gasteiger partial charge in [0.15, 0.2) is 17.5 Å². The number of rotatable bonds is 3. The van der Waals surface area contributed by atoms with E-state index in [9.17, 15) is 13.2 Å². The van der Waals surface area contributed by atoms with Gasteiger partial charge in [0.25, 0.3) is 5.95 Å². The Hall–Kier alpha value is -1.56. The van der Waals surface area contributed by atoms with Crippen LogP contribution in [-0.2, 0) is 0 Å². The van der Waals surface area contributed by atoms with Crippen molar-refractivity contribution in [2.24, 2.45) is 0 Å². The number of aryl methyl sites for hydroxylation is 2. The Balaban J connectivity index is 2.26. The van der Waals surface area contributed by atoms with Crippen LogP contribution < -0.4 is 5.32 Å². The molecule has 2 aromatic rings. The number of nitrogens with zero attached hydrogens (tertiary/aromatic N) is 1. The average molecular weight is 286 g/mol. The van der Waals surface area contributed by atoms with Gasteiger partial charge in [-0.25, -0.2) is 8.78 Å². The normalized spacial score (nSPS) is 12.5. The number of aromatic nitrogens is 1. The number of pyridine rings is 1. The number of hydrogen-bond donors (Lipinski definition) is 1. The van der Waals surface area contributed by atoms with Crippen molar-refractivity contribution >= 4 is 17.2 Å². The SMILES string of the molecule is Cc1cc(C(C)Nc2nc(F)c(F)cc2F)c(C)s1. The maximum Gasteiger partial charge on any atom is 0.251 e. The fourth-order valence-electron chi connectivity index (χ4n) is 1.91. The minimum atomic E-state index is -1.31. The summed E-state index contributed by atoms with van der Waals surface area (Å²) in [4.78, 5) is 5.49. The molecule has 2 aromatic heterocycles. The molecule has 1 atom stereocenters. The van der Waals surface area contributed by atoms with E-state index < -0.39 is 17.6 Å². The van der Waals surface area contributed by atoms with Crippen LogP contribution >= 0.6 is 11.3 Å². The first-order chi connectivity index (χ1) is 8.88. The van der Waals surface area contributed by atoms with Crippen LogP contribution in [0.5, 0.6) is 0 Å². The highest BCUT2D eigenvalue weighted by Crippen LogP contribution is 2.29. The van der Waals surface area contributed by atoms with Crippen molar-refractivity contribution in [2.75, 3.05) is 5.32 Å². The molecule has 0 saturated heterocycles. The van der Waals surface area contributed by atoms with Crippen molar-refractivity contribution in [3.63, 3.8) is 0 Å². The van der Waals surface area contributed by atoms with Crippen molar-refractivity contribution < 1.29 is 13.2 Å². The summed E-state index contributed by atoms with van der Waals surface area (Å²) in [6, 6.07) is 2.23. The van der Waals surface area contributed by atoms with E-state index in [-0.39, 0.29) is 11.9 Å². The highest BCUT2D eigenvalue weighted by atomic mass is 32.1. The number of anilines is 1. The summed E-state index contributed by atoms with van der Waals surface area (Å²) in [5, 5.41) is 2.76. The lowest BCUT2D eigenvalue weighted by molar-refractivity contribution is 0.465. The Morgan fingerprint density at radius 1 is 1.16 bits per heavy atom. The van der Waals surface area contributed by atoms with E-state index in [4.69, 9.17) is 0 Å². The van der Waals surface area contributed by atoms with Gasteiger partial charge >= 0.3 is 0 Å². The second-order valence-corrected chi connectivity index (χ2v) is 5.79. The van der Waals surface area contributed by atoms with Gasteiger partial charge in [0.2, 0.25) is 0 Å². The van der Waals surface area contributed by atoms with E-state index >= 15 is 0 Å². The molecule has 0 aliphatic carbocycles. The average Bonchev–Trinajstić information content (AvgIpc) is 2.65. The first-order valence-electron chi connectivity index (χ1n) is 5.73. The van der Waals surface area contributed by atoms with Gasteiger partial charge in [0.1, 0.15) is 0 Å². The highest BCUT2D eigenvalue weighted by Gasteiger charge is 2.16. The van der Waals surface area contributed by atoms with E-state index in [1.54, 1.807) is 11.3 Å². The van der Waals surface area contributed by atoms with Gasteiger partial charge < -0.3 is 5.32 Å². The molecular weight excluding hydrogens is 273 g/mol. The van der Waals surface area contributed by atoms with Crippen LogP contribution in [0.1, 0.15) is 28.3 Å². The molecule has 0 fully saturated rings. The van der Waals surface area contributed by atoms with E-state index in [1.165, 1.54) is 0 Å². The molecule has 2 heterocycles. The maximum atomic E-state index is 13.5. The number of halogens is 3. The number of thiophene rings is 1. The molecule has 2 rings (SSSR count). The Morgan fingerprint density at radius 3 is 2.42 bits per heavy atom. The van der Waals surface area contributed by atoms with Crippen molar-refractivity contribution in [2.45, 2.75) is 26.8 Å². The molecule has 1 unspecified atom stereocenters. The van der Waals surface area contributed by atoms with E-state index in [2.05, 4.69) is 10.3 Å². The van der Waals surface area contributed by atoms with E-state index in [0.717, 1.165) is 15.3 Å². The van der Waals surface area contributed by atoms with Crippen molar-refractivity contribution in [3.05, 3.63) is 45.0 Å². The second-order valence-electron chi connectivity index (χ2n) is 4.33. The van der Waals surface area contributed by atoms with Crippen molar-refractivity contribution in [3.8, 4) is 0 Å². The summed E-state index contributed by atoms with van der Waals surface area (Å²) in [7, 11) is 0. The number of nitrogens with one attached hydrogen (secondary N) is 1. The molecule has 6 heteroatoms. The summed E-state index contributed by atoms with van der Waals surface area (Å²) < 4.78 is 39.3. The molecule has 0 saturated carbocycles. The Labute approximate surface area is 113 Å². The summed E-state index contributed by atoms with van der Waals surface area (Å²) in [6.07, 6.45) is 0. The molecule has 0 spiro atoms. The minimum Gasteiger partial charge on any atom is -0.361 e. The molecule has 102 valence electrons. The van der Waals surface area contributed by atoms with Crippen molar-refractivity contribution in [1.29, 1.82) is 0 Å². The van der Waals surface area contributed by atoms with Crippen LogP contribution in [-0.4, -0.2) is 4.98 Å². The zero-order valence-corrected chi connectivity index (χ0v) is 11.5. The Bertz CT molecular complexity index is 610. The zero-order chi connectivity index (χ0) is 14.2. The smallest absolute Gasteiger partial charge is 0.251 e. The van der Waals surface area contributed by atoms with Gasteiger partial charge in [-0.15, -0.1) is 11.3 Å². The van der Waals surface area contributed by atoms with Crippen molar-refractivity contribution in [1.82, 2.24) is 4.98 Å². The van der Waals surface area contributed by atoms with Gasteiger partial charge in [-0.1, -0.05) is 0 Å². The molecule has 0 aromatic carbocycles. The minimum absolute atomic E-state index is 0.239. The van der Waals surface area contributed by atoms with Crippen LogP contribution in [0.15, 0.2) is 12.1 Å². The first kappa shape index (κ1) is 13.9. The number of hydrogen-bond acceptors (Lipinski definition) is 3. The van der Waals surface area contributed by atoms with E-state index in [1.807, 2.05) is 26.8 Å². The lowest BCUT2D eigenvalue weighted by Crippen LogP contribution is -2.11. The standard InChI is InChI=1S/C13H13F3N2S/c1-6-4-9(8(3)19-6)7(2)17-13-11(15)5-10(14)12(16)18-13/h4-5,7H,1-3H3,(H,17,18). The van der Waals surface area contributed by atoms with Crippen LogP contribution in [0.3, 0.4) is 0 Å². The highest BCUT2D eigenvalue weighted by molar-refractivity contribution is 7.12. The van der Waals surface area contributed by atoms with Gasteiger partial charge in [0.05, 0.1) is 6.04 Å². The zero-order valence-electron chi connectivity index (χ0n) is 10.7. The molecule has 0 aliphatic rings. The quantitative estimate of drug-likeness (QED) is 0.848. The van der Waals surface area contributed by atoms with Gasteiger partial charge in [-0.2, -0.15) is 9.37 Å². The van der Waals surface area contributed by atoms with Gasteiger partial charge in [-0.05, 0) is 32.4 Å². The largest absolute Gasteiger partial charge is 0.361 e. The maximum absolute atomic E-state index is 13.5. The monoisotopic (exact) mass is 286 g/mol. The molecule has 1 N–H and O–H groups in total. The van der Waals surface area contributed by atoms with Gasteiger partial charge in [0, 0.05) is 15.8 Å². The molecular formula is C13H13F3N2S. The predicted molar refractivity (Wildman–Crippen MR) is 69.9 cm³/mol. The third kappa shape index (κ3) is 2.89. The second kappa shape index (κ2) is 5.21. The lowest BCUT2D eigenvalue weighted by atomic mass is 10.1. The fraction of sp³-hybridized carbons (Fsp3) is 0.308. The lowest BCUT2D eigenvalue weighted by Gasteiger charge is -2.15. The predicted octanol–water partition coefficient (Wildman–Crippen LogP) is 4.35. The molecule has 0 bridgehead atoms. The van der Waals surface area contributed by atoms with Crippen LogP contribution in [0.2, 0.25) is 0 Å². The summed E-state index contributed by atoms with van der Waals surface area (Å²) in [5.74, 6) is -3.79. The summed E-state index contributed by atoms with van der Waals surface area (Å²) >= 11 is 1.63. The molecule has 2 nitrogen and oxygen atoms in total. The summed E-state index contributed by atoms with van der Waals surface area (Å²) in [6.45, 7) is 5.75. The molecule has 0 radical (unpaired) electrons.